The summed E-state index contributed by atoms with van der Waals surface area (Å²) in [5.74, 6) is -2.27. The van der Waals surface area contributed by atoms with Crippen LogP contribution in [0.3, 0.4) is 0 Å². The van der Waals surface area contributed by atoms with Crippen LogP contribution in [0.15, 0.2) is 0 Å². The maximum atomic E-state index is 13.1. The SMILES string of the molecule is CC(C)(C)OC(=O)N1C(C(F)(F)F)C2CC1(C(=O)O)C2. The Labute approximate surface area is 113 Å². The van der Waals surface area contributed by atoms with E-state index in [9.17, 15) is 27.9 Å². The molecule has 114 valence electrons. The fourth-order valence-electron chi connectivity index (χ4n) is 3.00. The molecule has 2 saturated heterocycles. The lowest BCUT2D eigenvalue weighted by Crippen LogP contribution is -2.57. The highest BCUT2D eigenvalue weighted by molar-refractivity contribution is 5.87. The Hall–Kier alpha value is -1.47. The van der Waals surface area contributed by atoms with Crippen LogP contribution in [0.4, 0.5) is 18.0 Å². The minimum atomic E-state index is -4.66. The highest BCUT2D eigenvalue weighted by Crippen LogP contribution is 2.58. The van der Waals surface area contributed by atoms with Crippen LogP contribution < -0.4 is 0 Å². The molecule has 0 spiro atoms. The van der Waals surface area contributed by atoms with Gasteiger partial charge in [-0.1, -0.05) is 0 Å². The zero-order valence-corrected chi connectivity index (χ0v) is 11.3. The molecule has 2 bridgehead atoms. The second-order valence-corrected chi connectivity index (χ2v) is 6.34. The number of rotatable bonds is 1. The first-order chi connectivity index (χ1) is 8.88. The van der Waals surface area contributed by atoms with Gasteiger partial charge < -0.3 is 9.84 Å². The maximum absolute atomic E-state index is 13.1. The number of amides is 1. The van der Waals surface area contributed by atoms with Gasteiger partial charge in [-0.2, -0.15) is 13.2 Å². The Balaban J connectivity index is 2.34. The molecule has 8 heteroatoms. The van der Waals surface area contributed by atoms with Gasteiger partial charge in [0.2, 0.25) is 0 Å². The summed E-state index contributed by atoms with van der Waals surface area (Å²) >= 11 is 0. The maximum Gasteiger partial charge on any atom is 0.411 e. The van der Waals surface area contributed by atoms with E-state index in [1.165, 1.54) is 20.8 Å². The van der Waals surface area contributed by atoms with Gasteiger partial charge in [-0.25, -0.2) is 9.59 Å². The number of aliphatic carboxylic acids is 1. The number of nitrogens with zero attached hydrogens (tertiary/aromatic N) is 1. The topological polar surface area (TPSA) is 66.8 Å². The molecule has 20 heavy (non-hydrogen) atoms. The molecule has 5 nitrogen and oxygen atoms in total. The van der Waals surface area contributed by atoms with E-state index in [2.05, 4.69) is 0 Å². The van der Waals surface area contributed by atoms with E-state index >= 15 is 0 Å². The van der Waals surface area contributed by atoms with Crippen LogP contribution in [0.2, 0.25) is 0 Å². The Morgan fingerprint density at radius 1 is 1.25 bits per heavy atom. The molecule has 1 unspecified atom stereocenters. The number of fused-ring (bicyclic) bond motifs is 1. The van der Waals surface area contributed by atoms with Crippen molar-refractivity contribution < 1.29 is 32.6 Å². The first-order valence-corrected chi connectivity index (χ1v) is 6.21. The zero-order valence-electron chi connectivity index (χ0n) is 11.3. The number of carbonyl (C=O) groups excluding carboxylic acids is 1. The van der Waals surface area contributed by atoms with E-state index in [1.54, 1.807) is 0 Å². The minimum absolute atomic E-state index is 0.175. The summed E-state index contributed by atoms with van der Waals surface area (Å²) in [5, 5.41) is 9.19. The van der Waals surface area contributed by atoms with Crippen molar-refractivity contribution in [1.82, 2.24) is 4.90 Å². The summed E-state index contributed by atoms with van der Waals surface area (Å²) in [5.41, 5.74) is -2.76. The van der Waals surface area contributed by atoms with Crippen molar-refractivity contribution in [2.24, 2.45) is 5.92 Å². The van der Waals surface area contributed by atoms with Crippen LogP contribution in [0.25, 0.3) is 0 Å². The van der Waals surface area contributed by atoms with Gasteiger partial charge in [-0.3, -0.25) is 4.90 Å². The first-order valence-electron chi connectivity index (χ1n) is 6.21. The lowest BCUT2D eigenvalue weighted by Gasteiger charge is -2.38. The van der Waals surface area contributed by atoms with E-state index in [0.29, 0.717) is 4.90 Å². The smallest absolute Gasteiger partial charge is 0.411 e. The Morgan fingerprint density at radius 2 is 1.75 bits per heavy atom. The summed E-state index contributed by atoms with van der Waals surface area (Å²) in [6, 6.07) is -2.08. The second-order valence-electron chi connectivity index (χ2n) is 6.34. The third kappa shape index (κ3) is 2.10. The molecule has 1 aliphatic carbocycles. The van der Waals surface area contributed by atoms with Crippen LogP contribution in [-0.4, -0.2) is 45.4 Å². The van der Waals surface area contributed by atoms with Gasteiger partial charge in [0.1, 0.15) is 17.2 Å². The van der Waals surface area contributed by atoms with Gasteiger partial charge in [0.05, 0.1) is 0 Å². The molecule has 3 aliphatic rings. The van der Waals surface area contributed by atoms with Crippen molar-refractivity contribution in [3.8, 4) is 0 Å². The number of ether oxygens (including phenoxy) is 1. The largest absolute Gasteiger partial charge is 0.479 e. The summed E-state index contributed by atoms with van der Waals surface area (Å²) in [7, 11) is 0. The molecule has 2 aliphatic heterocycles. The third-order valence-corrected chi connectivity index (χ3v) is 3.71. The molecule has 0 radical (unpaired) electrons. The summed E-state index contributed by atoms with van der Waals surface area (Å²) < 4.78 is 44.2. The van der Waals surface area contributed by atoms with Crippen LogP contribution in [0.5, 0.6) is 0 Å². The van der Waals surface area contributed by atoms with Gasteiger partial charge in [-0.15, -0.1) is 0 Å². The van der Waals surface area contributed by atoms with Gasteiger partial charge in [0.15, 0.2) is 0 Å². The molecule has 1 atom stereocenters. The molecule has 1 saturated carbocycles. The molecule has 1 N–H and O–H groups in total. The van der Waals surface area contributed by atoms with Crippen LogP contribution in [0.1, 0.15) is 33.6 Å². The molecule has 0 aromatic heterocycles. The second kappa shape index (κ2) is 4.02. The summed E-state index contributed by atoms with van der Waals surface area (Å²) in [6.45, 7) is 4.55. The quantitative estimate of drug-likeness (QED) is 0.806. The molecule has 3 rings (SSSR count). The Bertz CT molecular complexity index is 449. The Morgan fingerprint density at radius 3 is 2.10 bits per heavy atom. The number of carboxylic acids is 1. The van der Waals surface area contributed by atoms with Gasteiger partial charge in [0, 0.05) is 0 Å². The molecule has 0 aromatic rings. The van der Waals surface area contributed by atoms with Crippen molar-refractivity contribution in [2.45, 2.75) is 57.0 Å². The third-order valence-electron chi connectivity index (χ3n) is 3.71. The first kappa shape index (κ1) is 14.9. The van der Waals surface area contributed by atoms with Crippen molar-refractivity contribution in [3.05, 3.63) is 0 Å². The van der Waals surface area contributed by atoms with Crippen molar-refractivity contribution in [3.63, 3.8) is 0 Å². The fourth-order valence-corrected chi connectivity index (χ4v) is 3.00. The standard InChI is InChI=1S/C12H16F3NO4/c1-10(2,3)20-9(19)16-7(12(13,14)15)6-4-11(16,5-6)8(17)18/h6-7H,4-5H2,1-3H3,(H,17,18). The van der Waals surface area contributed by atoms with E-state index in [0.717, 1.165) is 0 Å². The van der Waals surface area contributed by atoms with Gasteiger partial charge >= 0.3 is 18.2 Å². The summed E-state index contributed by atoms with van der Waals surface area (Å²) in [6.07, 6.45) is -6.23. The van der Waals surface area contributed by atoms with Crippen molar-refractivity contribution in [2.75, 3.05) is 0 Å². The fraction of sp³-hybridized carbons (Fsp3) is 0.833. The zero-order chi connectivity index (χ0) is 15.5. The highest BCUT2D eigenvalue weighted by atomic mass is 19.4. The van der Waals surface area contributed by atoms with E-state index in [1.807, 2.05) is 0 Å². The average molecular weight is 295 g/mol. The minimum Gasteiger partial charge on any atom is -0.479 e. The summed E-state index contributed by atoms with van der Waals surface area (Å²) in [4.78, 5) is 23.7. The van der Waals surface area contributed by atoms with Crippen LogP contribution in [-0.2, 0) is 9.53 Å². The number of hydrogen-bond acceptors (Lipinski definition) is 3. The number of halogens is 3. The average Bonchev–Trinajstić information content (AvgIpc) is 2.61. The van der Waals surface area contributed by atoms with Gasteiger partial charge in [-0.05, 0) is 39.5 Å². The van der Waals surface area contributed by atoms with Crippen molar-refractivity contribution in [1.29, 1.82) is 0 Å². The van der Waals surface area contributed by atoms with Gasteiger partial charge in [0.25, 0.3) is 0 Å². The number of carboxylic acid groups (broad SMARTS) is 1. The van der Waals surface area contributed by atoms with Crippen LogP contribution >= 0.6 is 0 Å². The van der Waals surface area contributed by atoms with Crippen LogP contribution in [0, 0.1) is 5.92 Å². The van der Waals surface area contributed by atoms with E-state index in [-0.39, 0.29) is 12.8 Å². The monoisotopic (exact) mass is 295 g/mol. The predicted octanol–water partition coefficient (Wildman–Crippen LogP) is 2.40. The molecule has 3 fully saturated rings. The molecule has 0 aromatic carbocycles. The molecular weight excluding hydrogens is 279 g/mol. The molecular formula is C12H16F3NO4. The molecule has 2 heterocycles. The Kier molecular flexibility index (Phi) is 3.00. The molecule has 1 amide bonds. The number of hydrogen-bond donors (Lipinski definition) is 1. The number of carbonyl (C=O) groups is 2. The van der Waals surface area contributed by atoms with Crippen molar-refractivity contribution >= 4 is 12.1 Å². The number of alkyl halides is 3. The van der Waals surface area contributed by atoms with E-state index in [4.69, 9.17) is 4.74 Å². The van der Waals surface area contributed by atoms with E-state index < -0.39 is 41.3 Å². The normalized spacial score (nSPS) is 32.8. The lowest BCUT2D eigenvalue weighted by molar-refractivity contribution is -0.179. The predicted molar refractivity (Wildman–Crippen MR) is 61.0 cm³/mol. The lowest BCUT2D eigenvalue weighted by atomic mass is 9.72. The highest BCUT2D eigenvalue weighted by Gasteiger charge is 2.74.